The third-order valence-corrected chi connectivity index (χ3v) is 5.26. The van der Waals surface area contributed by atoms with Crippen LogP contribution < -0.4 is 10.5 Å². The predicted octanol–water partition coefficient (Wildman–Crippen LogP) is 3.30. The van der Waals surface area contributed by atoms with Crippen LogP contribution in [0.4, 0.5) is 11.4 Å². The molecule has 2 aromatic rings. The monoisotopic (exact) mass is 352 g/mol. The van der Waals surface area contributed by atoms with Gasteiger partial charge in [-0.3, -0.25) is 9.52 Å². The molecule has 122 valence electrons. The van der Waals surface area contributed by atoms with Crippen molar-refractivity contribution in [3.8, 4) is 0 Å². The van der Waals surface area contributed by atoms with Crippen LogP contribution in [0, 0.1) is 0 Å². The Balaban J connectivity index is 2.39. The number of halogens is 1. The Kier molecular flexibility index (Phi) is 4.97. The molecule has 0 atom stereocenters. The maximum Gasteiger partial charge on any atom is 0.235 e. The molecule has 7 heteroatoms. The summed E-state index contributed by atoms with van der Waals surface area (Å²) in [5.74, 6) is -0.266. The van der Waals surface area contributed by atoms with E-state index in [4.69, 9.17) is 17.3 Å². The lowest BCUT2D eigenvalue weighted by Gasteiger charge is -2.13. The van der Waals surface area contributed by atoms with E-state index in [1.807, 2.05) is 0 Å². The quantitative estimate of drug-likeness (QED) is 0.638. The third-order valence-electron chi connectivity index (χ3n) is 3.28. The summed E-state index contributed by atoms with van der Waals surface area (Å²) in [6.07, 6.45) is 0. The van der Waals surface area contributed by atoms with Crippen molar-refractivity contribution >= 4 is 38.8 Å². The van der Waals surface area contributed by atoms with Crippen molar-refractivity contribution in [2.75, 3.05) is 10.5 Å². The summed E-state index contributed by atoms with van der Waals surface area (Å²) in [5.41, 5.74) is 6.97. The maximum atomic E-state index is 12.5. The largest absolute Gasteiger partial charge is 0.397 e. The molecule has 23 heavy (non-hydrogen) atoms. The zero-order valence-electron chi connectivity index (χ0n) is 12.7. The Morgan fingerprint density at radius 3 is 2.39 bits per heavy atom. The van der Waals surface area contributed by atoms with E-state index in [-0.39, 0.29) is 17.2 Å². The fourth-order valence-electron chi connectivity index (χ4n) is 1.85. The number of benzene rings is 2. The molecule has 0 spiro atoms. The fraction of sp³-hybridized carbons (Fsp3) is 0.188. The highest BCUT2D eigenvalue weighted by Crippen LogP contribution is 2.24. The van der Waals surface area contributed by atoms with Crippen LogP contribution in [-0.2, 0) is 10.0 Å². The van der Waals surface area contributed by atoms with Gasteiger partial charge in [-0.25, -0.2) is 8.42 Å². The van der Waals surface area contributed by atoms with E-state index in [0.717, 1.165) is 0 Å². The first-order chi connectivity index (χ1) is 10.7. The van der Waals surface area contributed by atoms with Crippen LogP contribution in [0.1, 0.15) is 29.8 Å². The number of carbonyl (C=O) groups excluding carboxylic acids is 1. The molecule has 2 rings (SSSR count). The number of rotatable bonds is 5. The summed E-state index contributed by atoms with van der Waals surface area (Å²) < 4.78 is 26.4. The van der Waals surface area contributed by atoms with Crippen LogP contribution in [0.25, 0.3) is 0 Å². The highest BCUT2D eigenvalue weighted by Gasteiger charge is 2.18. The van der Waals surface area contributed by atoms with Gasteiger partial charge in [-0.2, -0.15) is 0 Å². The van der Waals surface area contributed by atoms with E-state index in [1.165, 1.54) is 12.1 Å². The number of anilines is 2. The van der Waals surface area contributed by atoms with Gasteiger partial charge in [0.25, 0.3) is 0 Å². The zero-order chi connectivity index (χ0) is 17.2. The van der Waals surface area contributed by atoms with Crippen molar-refractivity contribution in [1.29, 1.82) is 0 Å². The molecule has 0 saturated carbocycles. The van der Waals surface area contributed by atoms with Gasteiger partial charge in [-0.05, 0) is 44.2 Å². The minimum atomic E-state index is -3.55. The Hall–Kier alpha value is -2.05. The van der Waals surface area contributed by atoms with Crippen molar-refractivity contribution in [2.45, 2.75) is 19.1 Å². The van der Waals surface area contributed by atoms with Gasteiger partial charge >= 0.3 is 0 Å². The van der Waals surface area contributed by atoms with Gasteiger partial charge in [0.2, 0.25) is 10.0 Å². The van der Waals surface area contributed by atoms with E-state index >= 15 is 0 Å². The van der Waals surface area contributed by atoms with Gasteiger partial charge in [-0.15, -0.1) is 0 Å². The standard InChI is InChI=1S/C16H17ClN2O3S/c1-10(2)23(21,22)19-15-9-12(6-7-14(15)18)16(20)11-4-3-5-13(17)8-11/h3-10,19H,18H2,1-2H3. The molecule has 0 heterocycles. The lowest BCUT2D eigenvalue weighted by Crippen LogP contribution is -2.23. The van der Waals surface area contributed by atoms with E-state index in [0.29, 0.717) is 16.1 Å². The highest BCUT2D eigenvalue weighted by atomic mass is 35.5. The summed E-state index contributed by atoms with van der Waals surface area (Å²) in [5, 5.41) is -0.166. The van der Waals surface area contributed by atoms with Crippen molar-refractivity contribution in [1.82, 2.24) is 0 Å². The molecule has 0 aromatic heterocycles. The molecule has 5 nitrogen and oxygen atoms in total. The molecule has 0 fully saturated rings. The van der Waals surface area contributed by atoms with Crippen molar-refractivity contribution in [3.63, 3.8) is 0 Å². The summed E-state index contributed by atoms with van der Waals surface area (Å²) in [4.78, 5) is 12.5. The van der Waals surface area contributed by atoms with Gasteiger partial charge in [0, 0.05) is 16.1 Å². The number of nitrogen functional groups attached to an aromatic ring is 1. The van der Waals surface area contributed by atoms with E-state index in [9.17, 15) is 13.2 Å². The SMILES string of the molecule is CC(C)S(=O)(=O)Nc1cc(C(=O)c2cccc(Cl)c2)ccc1N. The average molecular weight is 353 g/mol. The van der Waals surface area contributed by atoms with Gasteiger partial charge in [0.05, 0.1) is 16.6 Å². The smallest absolute Gasteiger partial charge is 0.235 e. The summed E-state index contributed by atoms with van der Waals surface area (Å²) >= 11 is 5.89. The predicted molar refractivity (Wildman–Crippen MR) is 93.4 cm³/mol. The number of carbonyl (C=O) groups is 1. The van der Waals surface area contributed by atoms with Crippen molar-refractivity contribution in [3.05, 3.63) is 58.6 Å². The second kappa shape index (κ2) is 6.60. The van der Waals surface area contributed by atoms with Gasteiger partial charge in [0.1, 0.15) is 0 Å². The molecule has 0 amide bonds. The molecule has 0 aliphatic carbocycles. The molecule has 0 radical (unpaired) electrons. The molecule has 3 N–H and O–H groups in total. The fourth-order valence-corrected chi connectivity index (χ4v) is 2.76. The number of hydrogen-bond acceptors (Lipinski definition) is 4. The summed E-state index contributed by atoms with van der Waals surface area (Å²) in [6.45, 7) is 3.11. The molecule has 2 aromatic carbocycles. The van der Waals surface area contributed by atoms with Crippen LogP contribution in [0.15, 0.2) is 42.5 Å². The van der Waals surface area contributed by atoms with Crippen LogP contribution in [0.5, 0.6) is 0 Å². The first-order valence-corrected chi connectivity index (χ1v) is 8.84. The second-order valence-corrected chi connectivity index (χ2v) is 8.01. The molecular formula is C16H17ClN2O3S. The summed E-state index contributed by atoms with van der Waals surface area (Å²) in [7, 11) is -3.55. The molecule has 0 bridgehead atoms. The molecule has 0 aliphatic heterocycles. The van der Waals surface area contributed by atoms with Crippen LogP contribution in [0.3, 0.4) is 0 Å². The van der Waals surface area contributed by atoms with E-state index in [2.05, 4.69) is 4.72 Å². The van der Waals surface area contributed by atoms with Crippen molar-refractivity contribution in [2.24, 2.45) is 0 Å². The number of sulfonamides is 1. The topological polar surface area (TPSA) is 89.3 Å². The van der Waals surface area contributed by atoms with Crippen LogP contribution in [0.2, 0.25) is 5.02 Å². The van der Waals surface area contributed by atoms with E-state index in [1.54, 1.807) is 44.2 Å². The first kappa shape index (κ1) is 17.3. The average Bonchev–Trinajstić information content (AvgIpc) is 2.48. The van der Waals surface area contributed by atoms with Crippen LogP contribution in [-0.4, -0.2) is 19.5 Å². The molecule has 0 unspecified atom stereocenters. The lowest BCUT2D eigenvalue weighted by molar-refractivity contribution is 0.103. The number of hydrogen-bond donors (Lipinski definition) is 2. The highest BCUT2D eigenvalue weighted by molar-refractivity contribution is 7.93. The first-order valence-electron chi connectivity index (χ1n) is 6.92. The number of ketones is 1. The molecule has 0 saturated heterocycles. The summed E-state index contributed by atoms with van der Waals surface area (Å²) in [6, 6.07) is 11.0. The van der Waals surface area contributed by atoms with Crippen molar-refractivity contribution < 1.29 is 13.2 Å². The lowest BCUT2D eigenvalue weighted by atomic mass is 10.0. The Bertz CT molecular complexity index is 848. The number of nitrogens with one attached hydrogen (secondary N) is 1. The Morgan fingerprint density at radius 2 is 1.78 bits per heavy atom. The normalized spacial score (nSPS) is 11.5. The third kappa shape index (κ3) is 4.03. The van der Waals surface area contributed by atoms with Gasteiger partial charge in [-0.1, -0.05) is 23.7 Å². The van der Waals surface area contributed by atoms with Gasteiger partial charge < -0.3 is 5.73 Å². The minimum absolute atomic E-state index is 0.187. The number of nitrogens with two attached hydrogens (primary N) is 1. The van der Waals surface area contributed by atoms with Gasteiger partial charge in [0.15, 0.2) is 5.78 Å². The van der Waals surface area contributed by atoms with Crippen LogP contribution >= 0.6 is 11.6 Å². The minimum Gasteiger partial charge on any atom is -0.397 e. The second-order valence-electron chi connectivity index (χ2n) is 5.34. The molecule has 0 aliphatic rings. The Labute approximate surface area is 140 Å². The zero-order valence-corrected chi connectivity index (χ0v) is 14.3. The Morgan fingerprint density at radius 1 is 1.13 bits per heavy atom. The maximum absolute atomic E-state index is 12.5. The van der Waals surface area contributed by atoms with E-state index < -0.39 is 15.3 Å². The molecular weight excluding hydrogens is 336 g/mol.